The van der Waals surface area contributed by atoms with Crippen LogP contribution in [0.1, 0.15) is 6.92 Å². The van der Waals surface area contributed by atoms with Crippen LogP contribution in [0.4, 0.5) is 0 Å². The first-order valence-corrected chi connectivity index (χ1v) is 10.1. The third-order valence-electron chi connectivity index (χ3n) is 5.17. The third kappa shape index (κ3) is 2.64. The molecule has 136 valence electrons. The van der Waals surface area contributed by atoms with Gasteiger partial charge in [0.15, 0.2) is 0 Å². The number of aryl methyl sites for hydroxylation is 1. The molecule has 0 saturated carbocycles. The van der Waals surface area contributed by atoms with E-state index in [1.807, 2.05) is 12.1 Å². The average Bonchev–Trinajstić information content (AvgIpc) is 3.08. The molecule has 0 aliphatic heterocycles. The Balaban J connectivity index is 1.97. The number of rotatable bonds is 3. The Kier molecular flexibility index (Phi) is 4.21. The van der Waals surface area contributed by atoms with Crippen LogP contribution in [0.3, 0.4) is 0 Å². The second kappa shape index (κ2) is 6.88. The van der Waals surface area contributed by atoms with E-state index in [1.54, 1.807) is 6.33 Å². The van der Waals surface area contributed by atoms with E-state index in [-0.39, 0.29) is 0 Å². The molecule has 4 heteroatoms. The molecular weight excluding hydrogens is 410 g/mol. The largest absolute Gasteiger partial charge is 0.340 e. The molecule has 5 aromatic rings. The van der Waals surface area contributed by atoms with Crippen LogP contribution >= 0.6 is 15.9 Å². The first-order chi connectivity index (χ1) is 13.8. The van der Waals surface area contributed by atoms with Crippen LogP contribution in [0.2, 0.25) is 0 Å². The molecule has 0 fully saturated rings. The molecule has 0 radical (unpaired) electrons. The third-order valence-corrected chi connectivity index (χ3v) is 5.66. The summed E-state index contributed by atoms with van der Waals surface area (Å²) in [6.07, 6.45) is 1.67. The number of hydrogen-bond acceptors (Lipinski definition) is 2. The van der Waals surface area contributed by atoms with E-state index in [2.05, 4.69) is 93.1 Å². The number of halogens is 1. The number of benzene rings is 3. The lowest BCUT2D eigenvalue weighted by atomic mass is 9.99. The molecule has 28 heavy (non-hydrogen) atoms. The van der Waals surface area contributed by atoms with E-state index in [0.717, 1.165) is 33.2 Å². The monoisotopic (exact) mass is 427 g/mol. The molecule has 2 aromatic heterocycles. The second-order valence-corrected chi connectivity index (χ2v) is 7.65. The molecule has 0 atom stereocenters. The predicted octanol–water partition coefficient (Wildman–Crippen LogP) is 6.70. The Hall–Kier alpha value is -2.98. The van der Waals surface area contributed by atoms with Crippen molar-refractivity contribution in [1.82, 2.24) is 14.5 Å². The zero-order valence-electron chi connectivity index (χ0n) is 15.4. The van der Waals surface area contributed by atoms with Gasteiger partial charge in [-0.15, -0.1) is 0 Å². The van der Waals surface area contributed by atoms with Crippen molar-refractivity contribution in [3.63, 3.8) is 0 Å². The Bertz CT molecular complexity index is 1310. The minimum atomic E-state index is 0.886. The van der Waals surface area contributed by atoms with Crippen LogP contribution < -0.4 is 0 Å². The minimum Gasteiger partial charge on any atom is -0.340 e. The van der Waals surface area contributed by atoms with Gasteiger partial charge in [0, 0.05) is 32.9 Å². The maximum absolute atomic E-state index is 4.76. The molecule has 3 aromatic carbocycles. The first-order valence-electron chi connectivity index (χ1n) is 9.35. The summed E-state index contributed by atoms with van der Waals surface area (Å²) in [6, 6.07) is 25.3. The van der Waals surface area contributed by atoms with E-state index in [9.17, 15) is 0 Å². The van der Waals surface area contributed by atoms with Gasteiger partial charge >= 0.3 is 0 Å². The fourth-order valence-corrected chi connectivity index (χ4v) is 4.36. The van der Waals surface area contributed by atoms with Gasteiger partial charge in [0.05, 0.1) is 16.9 Å². The Morgan fingerprint density at radius 3 is 2.46 bits per heavy atom. The highest BCUT2D eigenvalue weighted by Gasteiger charge is 2.21. The maximum Gasteiger partial charge on any atom is 0.116 e. The number of fused-ring (bicyclic) bond motifs is 2. The normalized spacial score (nSPS) is 11.4. The minimum absolute atomic E-state index is 0.886. The van der Waals surface area contributed by atoms with Gasteiger partial charge in [-0.2, -0.15) is 0 Å². The summed E-state index contributed by atoms with van der Waals surface area (Å²) in [5, 5.41) is 2.26. The number of para-hydroxylation sites is 1. The predicted molar refractivity (Wildman–Crippen MR) is 119 cm³/mol. The fraction of sp³-hybridized carbons (Fsp3) is 0.0833. The SMILES string of the molecule is CCn1c(-c2ccccc2)c(-c2ncnc3ccc(Br)cc23)c2ccccc21. The van der Waals surface area contributed by atoms with Crippen LogP contribution in [-0.4, -0.2) is 14.5 Å². The topological polar surface area (TPSA) is 30.7 Å². The molecule has 0 N–H and O–H groups in total. The molecule has 2 heterocycles. The summed E-state index contributed by atoms with van der Waals surface area (Å²) in [6.45, 7) is 3.08. The van der Waals surface area contributed by atoms with E-state index in [0.29, 0.717) is 0 Å². The van der Waals surface area contributed by atoms with Crippen LogP contribution in [-0.2, 0) is 6.54 Å². The van der Waals surface area contributed by atoms with E-state index in [4.69, 9.17) is 4.98 Å². The highest BCUT2D eigenvalue weighted by molar-refractivity contribution is 9.10. The van der Waals surface area contributed by atoms with Crippen molar-refractivity contribution in [3.05, 3.63) is 83.6 Å². The smallest absolute Gasteiger partial charge is 0.116 e. The maximum atomic E-state index is 4.76. The van der Waals surface area contributed by atoms with Crippen LogP contribution in [0.25, 0.3) is 44.3 Å². The van der Waals surface area contributed by atoms with Crippen LogP contribution in [0, 0.1) is 0 Å². The van der Waals surface area contributed by atoms with Crippen molar-refractivity contribution in [1.29, 1.82) is 0 Å². The molecule has 5 rings (SSSR count). The molecule has 0 aliphatic carbocycles. The zero-order valence-corrected chi connectivity index (χ0v) is 17.0. The van der Waals surface area contributed by atoms with E-state index in [1.165, 1.54) is 22.2 Å². The number of nitrogens with zero attached hydrogens (tertiary/aromatic N) is 3. The molecule has 0 saturated heterocycles. The van der Waals surface area contributed by atoms with Crippen molar-refractivity contribution in [3.8, 4) is 22.5 Å². The van der Waals surface area contributed by atoms with Gasteiger partial charge in [-0.25, -0.2) is 9.97 Å². The molecule has 3 nitrogen and oxygen atoms in total. The summed E-state index contributed by atoms with van der Waals surface area (Å²) in [5.41, 5.74) is 6.69. The summed E-state index contributed by atoms with van der Waals surface area (Å²) >= 11 is 3.61. The Morgan fingerprint density at radius 2 is 1.64 bits per heavy atom. The average molecular weight is 428 g/mol. The molecule has 0 bridgehead atoms. The lowest BCUT2D eigenvalue weighted by Crippen LogP contribution is -1.98. The quantitative estimate of drug-likeness (QED) is 0.320. The summed E-state index contributed by atoms with van der Waals surface area (Å²) in [5.74, 6) is 0. The van der Waals surface area contributed by atoms with Gasteiger partial charge in [0.25, 0.3) is 0 Å². The first kappa shape index (κ1) is 17.1. The highest BCUT2D eigenvalue weighted by atomic mass is 79.9. The number of hydrogen-bond donors (Lipinski definition) is 0. The van der Waals surface area contributed by atoms with Crippen molar-refractivity contribution in [2.45, 2.75) is 13.5 Å². The zero-order chi connectivity index (χ0) is 19.1. The van der Waals surface area contributed by atoms with Gasteiger partial charge in [-0.3, -0.25) is 0 Å². The van der Waals surface area contributed by atoms with Crippen LogP contribution in [0.5, 0.6) is 0 Å². The second-order valence-electron chi connectivity index (χ2n) is 6.73. The summed E-state index contributed by atoms with van der Waals surface area (Å²) in [4.78, 5) is 9.24. The van der Waals surface area contributed by atoms with E-state index >= 15 is 0 Å². The van der Waals surface area contributed by atoms with Crippen molar-refractivity contribution < 1.29 is 0 Å². The van der Waals surface area contributed by atoms with Crippen molar-refractivity contribution >= 4 is 37.7 Å². The van der Waals surface area contributed by atoms with Gasteiger partial charge in [0.1, 0.15) is 6.33 Å². The van der Waals surface area contributed by atoms with Crippen molar-refractivity contribution in [2.75, 3.05) is 0 Å². The van der Waals surface area contributed by atoms with E-state index < -0.39 is 0 Å². The highest BCUT2D eigenvalue weighted by Crippen LogP contribution is 2.42. The van der Waals surface area contributed by atoms with Gasteiger partial charge in [-0.05, 0) is 36.8 Å². The molecule has 0 aliphatic rings. The fourth-order valence-electron chi connectivity index (χ4n) is 4.00. The van der Waals surface area contributed by atoms with Gasteiger partial charge in [-0.1, -0.05) is 64.5 Å². The lowest BCUT2D eigenvalue weighted by Gasteiger charge is -2.12. The molecular formula is C24H18BrN3. The molecule has 0 spiro atoms. The Morgan fingerprint density at radius 1 is 0.857 bits per heavy atom. The van der Waals surface area contributed by atoms with Crippen molar-refractivity contribution in [2.24, 2.45) is 0 Å². The van der Waals surface area contributed by atoms with Gasteiger partial charge < -0.3 is 4.57 Å². The molecule has 0 unspecified atom stereocenters. The molecule has 0 amide bonds. The standard InChI is InChI=1S/C24H18BrN3/c1-2-28-21-11-7-6-10-18(21)22(24(28)16-8-4-3-5-9-16)23-19-14-17(25)12-13-20(19)26-15-27-23/h3-15H,2H2,1H3. The van der Waals surface area contributed by atoms with Crippen LogP contribution in [0.15, 0.2) is 83.6 Å². The Labute approximate surface area is 171 Å². The summed E-state index contributed by atoms with van der Waals surface area (Å²) < 4.78 is 3.41. The number of aromatic nitrogens is 3. The lowest BCUT2D eigenvalue weighted by molar-refractivity contribution is 0.806. The van der Waals surface area contributed by atoms with Gasteiger partial charge in [0.2, 0.25) is 0 Å². The summed E-state index contributed by atoms with van der Waals surface area (Å²) in [7, 11) is 0.